The Morgan fingerprint density at radius 3 is 2.90 bits per heavy atom. The van der Waals surface area contributed by atoms with Crippen molar-refractivity contribution < 1.29 is 9.47 Å². The Kier molecular flexibility index (Phi) is 3.14. The van der Waals surface area contributed by atoms with Crippen molar-refractivity contribution in [2.24, 2.45) is 11.8 Å². The number of fused-ring (bicyclic) bond motifs is 4. The highest BCUT2D eigenvalue weighted by Crippen LogP contribution is 2.58. The van der Waals surface area contributed by atoms with Gasteiger partial charge >= 0.3 is 0 Å². The van der Waals surface area contributed by atoms with Gasteiger partial charge in [-0.3, -0.25) is 0 Å². The fourth-order valence-corrected chi connectivity index (χ4v) is 4.93. The summed E-state index contributed by atoms with van der Waals surface area (Å²) >= 11 is 0. The third-order valence-corrected chi connectivity index (χ3v) is 5.83. The zero-order chi connectivity index (χ0) is 14.4. The molecule has 4 atom stereocenters. The van der Waals surface area contributed by atoms with E-state index in [0.717, 1.165) is 36.3 Å². The van der Waals surface area contributed by atoms with Crippen LogP contribution in [0.2, 0.25) is 0 Å². The van der Waals surface area contributed by atoms with Crippen LogP contribution in [0.4, 0.5) is 0 Å². The molecule has 1 heterocycles. The summed E-state index contributed by atoms with van der Waals surface area (Å²) in [5.74, 6) is 3.65. The van der Waals surface area contributed by atoms with Gasteiger partial charge in [-0.05, 0) is 62.3 Å². The number of ether oxygens (including phenoxy) is 2. The summed E-state index contributed by atoms with van der Waals surface area (Å²) in [7, 11) is 1.73. The standard InChI is InChI=1S/C18H25NO2/c1-3-19-16-11-18(10-12-4-5-13(18)8-12)21-17-7-6-14(20-2)9-15(16)17/h6-7,9,12-13,16,19H,3-5,8,10-11H2,1-2H3. The number of hydrogen-bond acceptors (Lipinski definition) is 3. The predicted molar refractivity (Wildman–Crippen MR) is 82.8 cm³/mol. The SMILES string of the molecule is CCNC1CC2(CC3CCC2C3)Oc2ccc(OC)cc21. The summed E-state index contributed by atoms with van der Waals surface area (Å²) in [6.45, 7) is 3.17. The number of hydrogen-bond donors (Lipinski definition) is 1. The first-order valence-electron chi connectivity index (χ1n) is 8.34. The van der Waals surface area contributed by atoms with E-state index in [-0.39, 0.29) is 5.60 Å². The lowest BCUT2D eigenvalue weighted by Gasteiger charge is -2.45. The first kappa shape index (κ1) is 13.4. The highest BCUT2D eigenvalue weighted by atomic mass is 16.5. The Morgan fingerprint density at radius 2 is 2.24 bits per heavy atom. The molecule has 1 spiro atoms. The summed E-state index contributed by atoms with van der Waals surface area (Å²) in [4.78, 5) is 0. The molecule has 0 amide bonds. The monoisotopic (exact) mass is 287 g/mol. The second-order valence-electron chi connectivity index (χ2n) is 6.97. The van der Waals surface area contributed by atoms with Gasteiger partial charge in [0.1, 0.15) is 17.1 Å². The van der Waals surface area contributed by atoms with Crippen LogP contribution < -0.4 is 14.8 Å². The van der Waals surface area contributed by atoms with Crippen molar-refractivity contribution >= 4 is 0 Å². The maximum Gasteiger partial charge on any atom is 0.125 e. The summed E-state index contributed by atoms with van der Waals surface area (Å²) in [6, 6.07) is 6.66. The van der Waals surface area contributed by atoms with Crippen molar-refractivity contribution in [1.82, 2.24) is 5.32 Å². The highest BCUT2D eigenvalue weighted by Gasteiger charge is 2.55. The molecule has 2 saturated carbocycles. The molecule has 1 N–H and O–H groups in total. The average Bonchev–Trinajstić information content (AvgIpc) is 3.08. The first-order chi connectivity index (χ1) is 10.2. The van der Waals surface area contributed by atoms with E-state index in [4.69, 9.17) is 9.47 Å². The number of benzene rings is 1. The smallest absolute Gasteiger partial charge is 0.125 e. The van der Waals surface area contributed by atoms with Gasteiger partial charge in [-0.25, -0.2) is 0 Å². The lowest BCUT2D eigenvalue weighted by Crippen LogP contribution is -2.47. The zero-order valence-electron chi connectivity index (χ0n) is 13.0. The van der Waals surface area contributed by atoms with Crippen LogP contribution >= 0.6 is 0 Å². The minimum atomic E-state index is 0.0946. The van der Waals surface area contributed by atoms with E-state index in [1.54, 1.807) is 7.11 Å². The molecule has 0 aromatic heterocycles. The third-order valence-electron chi connectivity index (χ3n) is 5.83. The van der Waals surface area contributed by atoms with Crippen molar-refractivity contribution in [2.75, 3.05) is 13.7 Å². The molecule has 3 heteroatoms. The van der Waals surface area contributed by atoms with Crippen molar-refractivity contribution in [3.63, 3.8) is 0 Å². The molecule has 1 aliphatic heterocycles. The largest absolute Gasteiger partial charge is 0.497 e. The quantitative estimate of drug-likeness (QED) is 0.919. The van der Waals surface area contributed by atoms with Gasteiger partial charge < -0.3 is 14.8 Å². The van der Waals surface area contributed by atoms with E-state index in [1.807, 2.05) is 6.07 Å². The fourth-order valence-electron chi connectivity index (χ4n) is 4.93. The van der Waals surface area contributed by atoms with Crippen LogP contribution in [-0.4, -0.2) is 19.3 Å². The topological polar surface area (TPSA) is 30.5 Å². The molecule has 3 nitrogen and oxygen atoms in total. The molecule has 2 fully saturated rings. The van der Waals surface area contributed by atoms with Crippen LogP contribution in [0.5, 0.6) is 11.5 Å². The van der Waals surface area contributed by atoms with E-state index in [9.17, 15) is 0 Å². The van der Waals surface area contributed by atoms with Crippen molar-refractivity contribution in [2.45, 2.75) is 50.7 Å². The van der Waals surface area contributed by atoms with Gasteiger partial charge in [-0.2, -0.15) is 0 Å². The highest BCUT2D eigenvalue weighted by molar-refractivity contribution is 5.45. The minimum Gasteiger partial charge on any atom is -0.497 e. The molecule has 1 aromatic carbocycles. The summed E-state index contributed by atoms with van der Waals surface area (Å²) in [6.07, 6.45) is 6.52. The van der Waals surface area contributed by atoms with Gasteiger partial charge in [0.05, 0.1) is 7.11 Å². The van der Waals surface area contributed by atoms with E-state index in [2.05, 4.69) is 24.4 Å². The molecule has 2 aliphatic carbocycles. The molecule has 4 unspecified atom stereocenters. The lowest BCUT2D eigenvalue weighted by molar-refractivity contribution is -0.0182. The van der Waals surface area contributed by atoms with Gasteiger partial charge in [0, 0.05) is 18.0 Å². The van der Waals surface area contributed by atoms with E-state index in [1.165, 1.54) is 31.2 Å². The molecule has 3 aliphatic rings. The van der Waals surface area contributed by atoms with Gasteiger partial charge in [0.25, 0.3) is 0 Å². The van der Waals surface area contributed by atoms with Gasteiger partial charge in [0.2, 0.25) is 0 Å². The normalized spacial score (nSPS) is 36.6. The van der Waals surface area contributed by atoms with Crippen LogP contribution in [0.25, 0.3) is 0 Å². The first-order valence-corrected chi connectivity index (χ1v) is 8.34. The minimum absolute atomic E-state index is 0.0946. The van der Waals surface area contributed by atoms with Crippen LogP contribution in [-0.2, 0) is 0 Å². The Hall–Kier alpha value is -1.22. The van der Waals surface area contributed by atoms with E-state index in [0.29, 0.717) is 6.04 Å². The van der Waals surface area contributed by atoms with E-state index < -0.39 is 0 Å². The lowest BCUT2D eigenvalue weighted by atomic mass is 9.76. The van der Waals surface area contributed by atoms with Gasteiger partial charge in [-0.1, -0.05) is 6.92 Å². The summed E-state index contributed by atoms with van der Waals surface area (Å²) in [5, 5.41) is 3.67. The molecule has 0 radical (unpaired) electrons. The maximum atomic E-state index is 6.59. The molecule has 0 saturated heterocycles. The molecular weight excluding hydrogens is 262 g/mol. The van der Waals surface area contributed by atoms with E-state index >= 15 is 0 Å². The van der Waals surface area contributed by atoms with Crippen LogP contribution in [0.1, 0.15) is 50.6 Å². The number of rotatable bonds is 3. The maximum absolute atomic E-state index is 6.59. The fraction of sp³-hybridized carbons (Fsp3) is 0.667. The van der Waals surface area contributed by atoms with Crippen LogP contribution in [0.3, 0.4) is 0 Å². The Bertz CT molecular complexity index is 544. The molecule has 4 rings (SSSR count). The van der Waals surface area contributed by atoms with Crippen molar-refractivity contribution in [3.8, 4) is 11.5 Å². The average molecular weight is 287 g/mol. The zero-order valence-corrected chi connectivity index (χ0v) is 13.0. The summed E-state index contributed by atoms with van der Waals surface area (Å²) in [5.41, 5.74) is 1.36. The number of methoxy groups -OCH3 is 1. The Morgan fingerprint density at radius 1 is 1.33 bits per heavy atom. The Labute approximate surface area is 127 Å². The Balaban J connectivity index is 1.71. The predicted octanol–water partition coefficient (Wildman–Crippen LogP) is 3.69. The van der Waals surface area contributed by atoms with Gasteiger partial charge in [-0.15, -0.1) is 0 Å². The molecule has 1 aromatic rings. The molecule has 21 heavy (non-hydrogen) atoms. The number of nitrogens with one attached hydrogen (secondary N) is 1. The van der Waals surface area contributed by atoms with Crippen molar-refractivity contribution in [1.29, 1.82) is 0 Å². The van der Waals surface area contributed by atoms with Crippen LogP contribution in [0, 0.1) is 11.8 Å². The molecule has 2 bridgehead atoms. The second kappa shape index (κ2) is 4.91. The summed E-state index contributed by atoms with van der Waals surface area (Å²) < 4.78 is 12.0. The molecule has 114 valence electrons. The van der Waals surface area contributed by atoms with Crippen LogP contribution in [0.15, 0.2) is 18.2 Å². The van der Waals surface area contributed by atoms with Gasteiger partial charge in [0.15, 0.2) is 0 Å². The molecular formula is C18H25NO2. The third kappa shape index (κ3) is 2.05. The second-order valence-corrected chi connectivity index (χ2v) is 6.97. The van der Waals surface area contributed by atoms with Crippen molar-refractivity contribution in [3.05, 3.63) is 23.8 Å².